The Bertz CT molecular complexity index is 700. The number of aromatic amines is 1. The van der Waals surface area contributed by atoms with Gasteiger partial charge in [-0.3, -0.25) is 9.89 Å². The lowest BCUT2D eigenvalue weighted by Gasteiger charge is -2.14. The Labute approximate surface area is 139 Å². The lowest BCUT2D eigenvalue weighted by molar-refractivity contribution is 0.0839. The highest BCUT2D eigenvalue weighted by atomic mass is 19.1. The Morgan fingerprint density at radius 2 is 2.08 bits per heavy atom. The molecule has 3 rings (SSSR count). The predicted molar refractivity (Wildman–Crippen MR) is 85.5 cm³/mol. The molecule has 1 amide bonds. The van der Waals surface area contributed by atoms with E-state index in [1.165, 1.54) is 24.3 Å². The monoisotopic (exact) mass is 333 g/mol. The number of halogens is 1. The van der Waals surface area contributed by atoms with Crippen LogP contribution in [0.2, 0.25) is 0 Å². The number of aliphatic hydroxyl groups excluding tert-OH is 1. The standard InChI is InChI=1S/C17H20FN3O3/c18-11-5-7-13(8-6-11)24-10-12(22)9-19-17(23)16-14-3-1-2-4-15(14)20-21-16/h5-8,12,22H,1-4,9-10H2,(H,19,23)(H,20,21). The van der Waals surface area contributed by atoms with Gasteiger partial charge in [0.15, 0.2) is 5.69 Å². The summed E-state index contributed by atoms with van der Waals surface area (Å²) in [5.74, 6) is -0.184. The number of H-pyrrole nitrogens is 1. The lowest BCUT2D eigenvalue weighted by atomic mass is 9.96. The average molecular weight is 333 g/mol. The Morgan fingerprint density at radius 1 is 1.33 bits per heavy atom. The van der Waals surface area contributed by atoms with E-state index in [2.05, 4.69) is 15.5 Å². The van der Waals surface area contributed by atoms with Crippen LogP contribution in [0, 0.1) is 5.82 Å². The molecular formula is C17H20FN3O3. The summed E-state index contributed by atoms with van der Waals surface area (Å²) in [4.78, 5) is 12.2. The Hall–Kier alpha value is -2.41. The molecular weight excluding hydrogens is 313 g/mol. The minimum Gasteiger partial charge on any atom is -0.491 e. The fourth-order valence-electron chi connectivity index (χ4n) is 2.75. The van der Waals surface area contributed by atoms with Crippen molar-refractivity contribution in [3.63, 3.8) is 0 Å². The number of ether oxygens (including phenoxy) is 1. The van der Waals surface area contributed by atoms with Gasteiger partial charge in [-0.1, -0.05) is 0 Å². The molecule has 1 aromatic heterocycles. The predicted octanol–water partition coefficient (Wildman–Crippen LogP) is 1.60. The van der Waals surface area contributed by atoms with Crippen LogP contribution in [0.4, 0.5) is 4.39 Å². The zero-order chi connectivity index (χ0) is 16.9. The number of carbonyl (C=O) groups is 1. The smallest absolute Gasteiger partial charge is 0.272 e. The Morgan fingerprint density at radius 3 is 2.88 bits per heavy atom. The Balaban J connectivity index is 1.47. The molecule has 3 N–H and O–H groups in total. The van der Waals surface area contributed by atoms with Gasteiger partial charge in [-0.15, -0.1) is 0 Å². The number of nitrogens with zero attached hydrogens (tertiary/aromatic N) is 1. The molecule has 0 spiro atoms. The van der Waals surface area contributed by atoms with Gasteiger partial charge in [0.2, 0.25) is 0 Å². The molecule has 1 aromatic carbocycles. The van der Waals surface area contributed by atoms with Crippen LogP contribution in [-0.4, -0.2) is 40.5 Å². The highest BCUT2D eigenvalue weighted by Crippen LogP contribution is 2.21. The topological polar surface area (TPSA) is 87.2 Å². The van der Waals surface area contributed by atoms with Crippen molar-refractivity contribution in [3.05, 3.63) is 47.0 Å². The lowest BCUT2D eigenvalue weighted by Crippen LogP contribution is -2.35. The van der Waals surface area contributed by atoms with Gasteiger partial charge in [0.05, 0.1) is 0 Å². The van der Waals surface area contributed by atoms with Gasteiger partial charge in [0.25, 0.3) is 5.91 Å². The molecule has 0 bridgehead atoms. The number of carbonyl (C=O) groups excluding carboxylic acids is 1. The van der Waals surface area contributed by atoms with E-state index in [1.54, 1.807) is 0 Å². The van der Waals surface area contributed by atoms with E-state index in [0.717, 1.165) is 36.9 Å². The molecule has 0 fully saturated rings. The van der Waals surface area contributed by atoms with Crippen LogP contribution in [-0.2, 0) is 12.8 Å². The molecule has 0 saturated heterocycles. The van der Waals surface area contributed by atoms with E-state index in [-0.39, 0.29) is 24.9 Å². The molecule has 0 saturated carbocycles. The Kier molecular flexibility index (Phi) is 5.10. The van der Waals surface area contributed by atoms with Gasteiger partial charge in [-0.25, -0.2) is 4.39 Å². The summed E-state index contributed by atoms with van der Waals surface area (Å²) in [6.07, 6.45) is 3.07. The number of aliphatic hydroxyl groups is 1. The third-order valence-corrected chi connectivity index (χ3v) is 4.03. The first-order valence-corrected chi connectivity index (χ1v) is 8.04. The summed E-state index contributed by atoms with van der Waals surface area (Å²) in [5, 5.41) is 19.6. The first-order valence-electron chi connectivity index (χ1n) is 8.04. The molecule has 1 aliphatic rings. The van der Waals surface area contributed by atoms with E-state index in [4.69, 9.17) is 4.74 Å². The second-order valence-electron chi connectivity index (χ2n) is 5.87. The van der Waals surface area contributed by atoms with Gasteiger partial charge in [-0.2, -0.15) is 5.10 Å². The van der Waals surface area contributed by atoms with Gasteiger partial charge < -0.3 is 15.2 Å². The van der Waals surface area contributed by atoms with Crippen molar-refractivity contribution in [3.8, 4) is 5.75 Å². The van der Waals surface area contributed by atoms with Crippen LogP contribution in [0.5, 0.6) is 5.75 Å². The molecule has 0 aliphatic heterocycles. The first kappa shape index (κ1) is 16.4. The summed E-state index contributed by atoms with van der Waals surface area (Å²) in [6.45, 7) is 0.0618. The van der Waals surface area contributed by atoms with Crippen LogP contribution in [0.3, 0.4) is 0 Å². The molecule has 1 unspecified atom stereocenters. The van der Waals surface area contributed by atoms with Crippen molar-refractivity contribution < 1.29 is 19.0 Å². The molecule has 0 radical (unpaired) electrons. The van der Waals surface area contributed by atoms with Crippen LogP contribution in [0.25, 0.3) is 0 Å². The zero-order valence-electron chi connectivity index (χ0n) is 13.2. The van der Waals surface area contributed by atoms with Crippen LogP contribution in [0.1, 0.15) is 34.6 Å². The number of hydrogen-bond acceptors (Lipinski definition) is 4. The minimum absolute atomic E-state index is 0.00455. The number of amides is 1. The number of aryl methyl sites for hydroxylation is 1. The van der Waals surface area contributed by atoms with Crippen molar-refractivity contribution in [2.45, 2.75) is 31.8 Å². The van der Waals surface area contributed by atoms with Crippen LogP contribution >= 0.6 is 0 Å². The maximum absolute atomic E-state index is 12.8. The van der Waals surface area contributed by atoms with E-state index in [9.17, 15) is 14.3 Å². The molecule has 1 heterocycles. The maximum Gasteiger partial charge on any atom is 0.272 e. The SMILES string of the molecule is O=C(NCC(O)COc1ccc(F)cc1)c1n[nH]c2c1CCCC2. The van der Waals surface area contributed by atoms with Crippen molar-refractivity contribution in [2.24, 2.45) is 0 Å². The minimum atomic E-state index is -0.867. The fourth-order valence-corrected chi connectivity index (χ4v) is 2.75. The van der Waals surface area contributed by atoms with Gasteiger partial charge in [0.1, 0.15) is 24.3 Å². The maximum atomic E-state index is 12.8. The largest absolute Gasteiger partial charge is 0.491 e. The van der Waals surface area contributed by atoms with Crippen molar-refractivity contribution >= 4 is 5.91 Å². The van der Waals surface area contributed by atoms with E-state index >= 15 is 0 Å². The van der Waals surface area contributed by atoms with Crippen LogP contribution in [0.15, 0.2) is 24.3 Å². The zero-order valence-corrected chi connectivity index (χ0v) is 13.2. The molecule has 6 nitrogen and oxygen atoms in total. The average Bonchev–Trinajstić information content (AvgIpc) is 3.03. The normalized spacial score (nSPS) is 14.8. The summed E-state index contributed by atoms with van der Waals surface area (Å²) in [5.41, 5.74) is 2.43. The summed E-state index contributed by atoms with van der Waals surface area (Å²) < 4.78 is 18.1. The molecule has 1 aliphatic carbocycles. The first-order chi connectivity index (χ1) is 11.6. The quantitative estimate of drug-likeness (QED) is 0.749. The number of aromatic nitrogens is 2. The summed E-state index contributed by atoms with van der Waals surface area (Å²) in [7, 11) is 0. The third kappa shape index (κ3) is 3.91. The number of benzene rings is 1. The van der Waals surface area contributed by atoms with E-state index in [0.29, 0.717) is 11.4 Å². The summed E-state index contributed by atoms with van der Waals surface area (Å²) in [6, 6.07) is 5.53. The van der Waals surface area contributed by atoms with Gasteiger partial charge in [0, 0.05) is 17.8 Å². The van der Waals surface area contributed by atoms with Gasteiger partial charge >= 0.3 is 0 Å². The highest BCUT2D eigenvalue weighted by Gasteiger charge is 2.22. The van der Waals surface area contributed by atoms with Crippen molar-refractivity contribution in [1.82, 2.24) is 15.5 Å². The number of rotatable bonds is 6. The summed E-state index contributed by atoms with van der Waals surface area (Å²) >= 11 is 0. The fraction of sp³-hybridized carbons (Fsp3) is 0.412. The molecule has 128 valence electrons. The van der Waals surface area contributed by atoms with Crippen molar-refractivity contribution in [1.29, 1.82) is 0 Å². The van der Waals surface area contributed by atoms with Gasteiger partial charge in [-0.05, 0) is 49.9 Å². The third-order valence-electron chi connectivity index (χ3n) is 4.03. The van der Waals surface area contributed by atoms with Crippen molar-refractivity contribution in [2.75, 3.05) is 13.2 Å². The second kappa shape index (κ2) is 7.44. The second-order valence-corrected chi connectivity index (χ2v) is 5.87. The van der Waals surface area contributed by atoms with E-state index in [1.807, 2.05) is 0 Å². The number of fused-ring (bicyclic) bond motifs is 1. The van der Waals surface area contributed by atoms with E-state index < -0.39 is 6.10 Å². The highest BCUT2D eigenvalue weighted by molar-refractivity contribution is 5.94. The number of hydrogen-bond donors (Lipinski definition) is 3. The molecule has 24 heavy (non-hydrogen) atoms. The molecule has 1 atom stereocenters. The molecule has 7 heteroatoms. The number of nitrogens with one attached hydrogen (secondary N) is 2. The van der Waals surface area contributed by atoms with Crippen LogP contribution < -0.4 is 10.1 Å². The molecule has 2 aromatic rings.